The molecule has 0 aliphatic heterocycles. The molecule has 0 unspecified atom stereocenters. The maximum atomic E-state index is 14.1. The predicted octanol–water partition coefficient (Wildman–Crippen LogP) is 2.71. The Kier molecular flexibility index (Phi) is 5.16. The van der Waals surface area contributed by atoms with E-state index in [-0.39, 0.29) is 18.6 Å². The second kappa shape index (κ2) is 6.90. The van der Waals surface area contributed by atoms with Crippen molar-refractivity contribution in [3.05, 3.63) is 35.6 Å². The molecule has 1 amide bonds. The highest BCUT2D eigenvalue weighted by Crippen LogP contribution is 2.43. The second-order valence-electron chi connectivity index (χ2n) is 6.07. The van der Waals surface area contributed by atoms with Gasteiger partial charge >= 0.3 is 5.97 Å². The number of esters is 1. The molecule has 0 saturated heterocycles. The SMILES string of the molecule is CC(C)NC(=O)COC(=O)C1(c2ccccc2F)CCCC1. The monoisotopic (exact) mass is 307 g/mol. The molecule has 1 aromatic carbocycles. The van der Waals surface area contributed by atoms with Crippen LogP contribution in [0.25, 0.3) is 0 Å². The second-order valence-corrected chi connectivity index (χ2v) is 6.07. The third kappa shape index (κ3) is 3.46. The molecule has 5 heteroatoms. The average Bonchev–Trinajstić information content (AvgIpc) is 2.95. The summed E-state index contributed by atoms with van der Waals surface area (Å²) in [5.41, 5.74) is -0.578. The molecule has 0 aromatic heterocycles. The van der Waals surface area contributed by atoms with E-state index in [1.165, 1.54) is 6.07 Å². The third-order valence-corrected chi connectivity index (χ3v) is 4.02. The van der Waals surface area contributed by atoms with Crippen LogP contribution in [-0.4, -0.2) is 24.5 Å². The van der Waals surface area contributed by atoms with Gasteiger partial charge in [-0.2, -0.15) is 0 Å². The van der Waals surface area contributed by atoms with Crippen molar-refractivity contribution in [2.24, 2.45) is 0 Å². The molecular weight excluding hydrogens is 285 g/mol. The molecule has 0 heterocycles. The molecule has 120 valence electrons. The van der Waals surface area contributed by atoms with Gasteiger partial charge < -0.3 is 10.1 Å². The maximum Gasteiger partial charge on any atom is 0.317 e. The number of amides is 1. The minimum Gasteiger partial charge on any atom is -0.455 e. The van der Waals surface area contributed by atoms with Crippen LogP contribution in [-0.2, 0) is 19.7 Å². The minimum absolute atomic E-state index is 0.0155. The van der Waals surface area contributed by atoms with Crippen molar-refractivity contribution in [2.75, 3.05) is 6.61 Å². The summed E-state index contributed by atoms with van der Waals surface area (Å²) in [6.45, 7) is 3.34. The lowest BCUT2D eigenvalue weighted by Crippen LogP contribution is -2.39. The lowest BCUT2D eigenvalue weighted by molar-refractivity contribution is -0.154. The van der Waals surface area contributed by atoms with Crippen LogP contribution < -0.4 is 5.32 Å². The summed E-state index contributed by atoms with van der Waals surface area (Å²) in [4.78, 5) is 24.2. The third-order valence-electron chi connectivity index (χ3n) is 4.02. The number of nitrogens with one attached hydrogen (secondary N) is 1. The lowest BCUT2D eigenvalue weighted by Gasteiger charge is -2.27. The molecule has 2 rings (SSSR count). The Bertz CT molecular complexity index is 551. The van der Waals surface area contributed by atoms with E-state index in [4.69, 9.17) is 4.74 Å². The number of halogens is 1. The van der Waals surface area contributed by atoms with E-state index in [9.17, 15) is 14.0 Å². The number of hydrogen-bond acceptors (Lipinski definition) is 3. The van der Waals surface area contributed by atoms with Gasteiger partial charge in [-0.05, 0) is 32.8 Å². The van der Waals surface area contributed by atoms with Gasteiger partial charge in [0.2, 0.25) is 0 Å². The molecule has 0 atom stereocenters. The molecule has 0 spiro atoms. The van der Waals surface area contributed by atoms with Gasteiger partial charge in [0.25, 0.3) is 5.91 Å². The van der Waals surface area contributed by atoms with Gasteiger partial charge in [-0.15, -0.1) is 0 Å². The number of benzene rings is 1. The lowest BCUT2D eigenvalue weighted by atomic mass is 9.78. The number of carbonyl (C=O) groups is 2. The summed E-state index contributed by atoms with van der Waals surface area (Å²) in [6.07, 6.45) is 2.81. The number of hydrogen-bond donors (Lipinski definition) is 1. The van der Waals surface area contributed by atoms with Crippen molar-refractivity contribution in [1.82, 2.24) is 5.32 Å². The van der Waals surface area contributed by atoms with E-state index < -0.39 is 17.2 Å². The van der Waals surface area contributed by atoms with Crippen molar-refractivity contribution in [3.8, 4) is 0 Å². The van der Waals surface area contributed by atoms with Crippen LogP contribution in [0.3, 0.4) is 0 Å². The molecule has 4 nitrogen and oxygen atoms in total. The summed E-state index contributed by atoms with van der Waals surface area (Å²) in [6, 6.07) is 6.29. The van der Waals surface area contributed by atoms with Gasteiger partial charge in [-0.3, -0.25) is 9.59 Å². The zero-order chi connectivity index (χ0) is 16.2. The summed E-state index contributed by atoms with van der Waals surface area (Å²) >= 11 is 0. The molecule has 1 fully saturated rings. The van der Waals surface area contributed by atoms with E-state index in [1.807, 2.05) is 13.8 Å². The van der Waals surface area contributed by atoms with Crippen molar-refractivity contribution >= 4 is 11.9 Å². The molecule has 1 aliphatic rings. The van der Waals surface area contributed by atoms with E-state index >= 15 is 0 Å². The molecule has 0 radical (unpaired) electrons. The first-order valence-electron chi connectivity index (χ1n) is 7.67. The van der Waals surface area contributed by atoms with Crippen molar-refractivity contribution in [1.29, 1.82) is 0 Å². The van der Waals surface area contributed by atoms with Crippen LogP contribution in [0.2, 0.25) is 0 Å². The predicted molar refractivity (Wildman–Crippen MR) is 80.8 cm³/mol. The summed E-state index contributed by atoms with van der Waals surface area (Å²) in [5.74, 6) is -1.24. The summed E-state index contributed by atoms with van der Waals surface area (Å²) in [7, 11) is 0. The Balaban J connectivity index is 2.13. The van der Waals surface area contributed by atoms with Gasteiger partial charge in [0.1, 0.15) is 5.82 Å². The first kappa shape index (κ1) is 16.5. The largest absolute Gasteiger partial charge is 0.455 e. The molecule has 1 N–H and O–H groups in total. The summed E-state index contributed by atoms with van der Waals surface area (Å²) in [5, 5.41) is 2.66. The molecule has 1 aliphatic carbocycles. The van der Waals surface area contributed by atoms with E-state index in [1.54, 1.807) is 18.2 Å². The van der Waals surface area contributed by atoms with Gasteiger partial charge in [-0.25, -0.2) is 4.39 Å². The summed E-state index contributed by atoms with van der Waals surface area (Å²) < 4.78 is 19.3. The fourth-order valence-electron chi connectivity index (χ4n) is 3.04. The fourth-order valence-corrected chi connectivity index (χ4v) is 3.04. The number of ether oxygens (including phenoxy) is 1. The Morgan fingerprint density at radius 1 is 1.27 bits per heavy atom. The molecule has 0 bridgehead atoms. The Hall–Kier alpha value is -1.91. The molecule has 1 aromatic rings. The van der Waals surface area contributed by atoms with Crippen molar-refractivity contribution in [2.45, 2.75) is 51.0 Å². The topological polar surface area (TPSA) is 55.4 Å². The standard InChI is InChI=1S/C17H22FNO3/c1-12(2)19-15(20)11-22-16(21)17(9-5-6-10-17)13-7-3-4-8-14(13)18/h3-4,7-8,12H,5-6,9-11H2,1-2H3,(H,19,20). The zero-order valence-corrected chi connectivity index (χ0v) is 13.0. The number of rotatable bonds is 5. The van der Waals surface area contributed by atoms with Crippen molar-refractivity contribution < 1.29 is 18.7 Å². The Morgan fingerprint density at radius 2 is 1.91 bits per heavy atom. The quantitative estimate of drug-likeness (QED) is 0.851. The maximum absolute atomic E-state index is 14.1. The van der Waals surface area contributed by atoms with Crippen LogP contribution >= 0.6 is 0 Å². The smallest absolute Gasteiger partial charge is 0.317 e. The van der Waals surface area contributed by atoms with E-state index in [0.717, 1.165) is 12.8 Å². The van der Waals surface area contributed by atoms with Crippen LogP contribution in [0, 0.1) is 5.82 Å². The Labute approximate surface area is 130 Å². The fraction of sp³-hybridized carbons (Fsp3) is 0.529. The van der Waals surface area contributed by atoms with Gasteiger partial charge in [0.15, 0.2) is 6.61 Å². The number of carbonyl (C=O) groups excluding carboxylic acids is 2. The highest BCUT2D eigenvalue weighted by Gasteiger charge is 2.45. The zero-order valence-electron chi connectivity index (χ0n) is 13.0. The average molecular weight is 307 g/mol. The highest BCUT2D eigenvalue weighted by molar-refractivity contribution is 5.86. The van der Waals surface area contributed by atoms with Gasteiger partial charge in [0, 0.05) is 11.6 Å². The normalized spacial score (nSPS) is 16.5. The van der Waals surface area contributed by atoms with Gasteiger partial charge in [0.05, 0.1) is 5.41 Å². The van der Waals surface area contributed by atoms with E-state index in [2.05, 4.69) is 5.32 Å². The highest BCUT2D eigenvalue weighted by atomic mass is 19.1. The van der Waals surface area contributed by atoms with E-state index in [0.29, 0.717) is 18.4 Å². The van der Waals surface area contributed by atoms with Crippen LogP contribution in [0.1, 0.15) is 45.1 Å². The molecular formula is C17H22FNO3. The van der Waals surface area contributed by atoms with Crippen LogP contribution in [0.5, 0.6) is 0 Å². The first-order valence-corrected chi connectivity index (χ1v) is 7.67. The first-order chi connectivity index (χ1) is 10.5. The van der Waals surface area contributed by atoms with Crippen LogP contribution in [0.4, 0.5) is 4.39 Å². The Morgan fingerprint density at radius 3 is 2.50 bits per heavy atom. The molecule has 22 heavy (non-hydrogen) atoms. The van der Waals surface area contributed by atoms with Crippen LogP contribution in [0.15, 0.2) is 24.3 Å². The van der Waals surface area contributed by atoms with Gasteiger partial charge in [-0.1, -0.05) is 31.0 Å². The molecule has 1 saturated carbocycles. The van der Waals surface area contributed by atoms with Crippen molar-refractivity contribution in [3.63, 3.8) is 0 Å². The minimum atomic E-state index is -0.955.